The lowest BCUT2D eigenvalue weighted by Gasteiger charge is -2.20. The summed E-state index contributed by atoms with van der Waals surface area (Å²) >= 11 is 1.80. The first-order chi connectivity index (χ1) is 14.7. The van der Waals surface area contributed by atoms with Gasteiger partial charge in [-0.3, -0.25) is 0 Å². The number of aryl methyl sites for hydroxylation is 2. The Labute approximate surface area is 179 Å². The van der Waals surface area contributed by atoms with Gasteiger partial charge in [0.05, 0.1) is 30.7 Å². The number of fused-ring (bicyclic) bond motifs is 1. The predicted molar refractivity (Wildman–Crippen MR) is 119 cm³/mol. The lowest BCUT2D eigenvalue weighted by atomic mass is 9.97. The third-order valence-corrected chi connectivity index (χ3v) is 6.38. The minimum atomic E-state index is 0.353. The van der Waals surface area contributed by atoms with E-state index in [1.165, 1.54) is 4.88 Å². The Morgan fingerprint density at radius 2 is 2.17 bits per heavy atom. The van der Waals surface area contributed by atoms with E-state index >= 15 is 0 Å². The zero-order valence-corrected chi connectivity index (χ0v) is 17.8. The highest BCUT2D eigenvalue weighted by Crippen LogP contribution is 2.34. The Morgan fingerprint density at radius 3 is 2.93 bits per heavy atom. The van der Waals surface area contributed by atoms with Crippen molar-refractivity contribution in [2.45, 2.75) is 32.2 Å². The van der Waals surface area contributed by atoms with Crippen LogP contribution >= 0.6 is 11.3 Å². The lowest BCUT2D eigenvalue weighted by molar-refractivity contribution is 0.413. The third kappa shape index (κ3) is 3.57. The first kappa shape index (κ1) is 18.8. The molecule has 0 radical (unpaired) electrons. The molecule has 0 aliphatic carbocycles. The molecule has 0 amide bonds. The van der Waals surface area contributed by atoms with Gasteiger partial charge in [0.2, 0.25) is 0 Å². The first-order valence-corrected chi connectivity index (χ1v) is 10.9. The van der Waals surface area contributed by atoms with Gasteiger partial charge in [0.25, 0.3) is 0 Å². The number of thiophene rings is 1. The molecular formula is C23H23N5OS. The summed E-state index contributed by atoms with van der Waals surface area (Å²) in [7, 11) is 1.69. The molecule has 7 heteroatoms. The Morgan fingerprint density at radius 1 is 1.23 bits per heavy atom. The molecule has 0 N–H and O–H groups in total. The highest BCUT2D eigenvalue weighted by molar-refractivity contribution is 7.10. The summed E-state index contributed by atoms with van der Waals surface area (Å²) in [6, 6.07) is 10.4. The van der Waals surface area contributed by atoms with E-state index in [1.54, 1.807) is 24.8 Å². The largest absolute Gasteiger partial charge is 0.495 e. The normalized spacial score (nSPS) is 16.1. The Bertz CT molecular complexity index is 1190. The molecule has 6 nitrogen and oxygen atoms in total. The van der Waals surface area contributed by atoms with E-state index in [0.29, 0.717) is 5.92 Å². The number of methoxy groups -OCH3 is 1. The molecule has 1 aromatic carbocycles. The molecule has 0 spiro atoms. The minimum absolute atomic E-state index is 0.353. The van der Waals surface area contributed by atoms with Crippen LogP contribution in [0.25, 0.3) is 17.8 Å². The van der Waals surface area contributed by atoms with Crippen LogP contribution < -0.4 is 4.74 Å². The average molecular weight is 418 g/mol. The molecule has 1 aliphatic heterocycles. The number of hydrogen-bond acceptors (Lipinski definition) is 5. The zero-order valence-electron chi connectivity index (χ0n) is 17.0. The summed E-state index contributed by atoms with van der Waals surface area (Å²) in [6.45, 7) is 2.91. The van der Waals surface area contributed by atoms with Gasteiger partial charge in [-0.25, -0.2) is 14.6 Å². The maximum absolute atomic E-state index is 5.61. The zero-order chi connectivity index (χ0) is 20.5. The van der Waals surface area contributed by atoms with Crippen molar-refractivity contribution in [3.8, 4) is 11.4 Å². The van der Waals surface area contributed by atoms with Crippen LogP contribution in [0.4, 0.5) is 0 Å². The molecule has 4 aromatic rings. The minimum Gasteiger partial charge on any atom is -0.495 e. The van der Waals surface area contributed by atoms with Gasteiger partial charge >= 0.3 is 0 Å². The third-order valence-electron chi connectivity index (χ3n) is 5.40. The number of rotatable bonds is 5. The second kappa shape index (κ2) is 7.91. The SMILES string of the molecule is COc1cc(/C=C/c2nc3n(n2)CCC[C@@H]3c2cccs2)ccc1-n1cnc(C)c1. The van der Waals surface area contributed by atoms with Crippen molar-refractivity contribution in [2.75, 3.05) is 7.11 Å². The van der Waals surface area contributed by atoms with E-state index < -0.39 is 0 Å². The molecule has 0 unspecified atom stereocenters. The molecular weight excluding hydrogens is 394 g/mol. The van der Waals surface area contributed by atoms with E-state index in [4.69, 9.17) is 14.8 Å². The van der Waals surface area contributed by atoms with Crippen LogP contribution in [-0.2, 0) is 6.54 Å². The van der Waals surface area contributed by atoms with Crippen molar-refractivity contribution in [1.29, 1.82) is 0 Å². The summed E-state index contributed by atoms with van der Waals surface area (Å²) in [5, 5.41) is 6.85. The van der Waals surface area contributed by atoms with Gasteiger partial charge in [0.1, 0.15) is 11.6 Å². The maximum atomic E-state index is 5.61. The summed E-state index contributed by atoms with van der Waals surface area (Å²) < 4.78 is 9.64. The average Bonchev–Trinajstić information content (AvgIpc) is 3.52. The molecule has 0 saturated carbocycles. The van der Waals surface area contributed by atoms with Crippen molar-refractivity contribution >= 4 is 23.5 Å². The van der Waals surface area contributed by atoms with Gasteiger partial charge in [0.15, 0.2) is 5.82 Å². The van der Waals surface area contributed by atoms with Crippen molar-refractivity contribution < 1.29 is 4.74 Å². The van der Waals surface area contributed by atoms with Gasteiger partial charge in [-0.2, -0.15) is 5.10 Å². The summed E-state index contributed by atoms with van der Waals surface area (Å²) in [6.07, 6.45) is 10.1. The number of imidazole rings is 1. The summed E-state index contributed by atoms with van der Waals surface area (Å²) in [4.78, 5) is 10.5. The highest BCUT2D eigenvalue weighted by Gasteiger charge is 2.25. The van der Waals surface area contributed by atoms with Crippen LogP contribution in [0.15, 0.2) is 48.2 Å². The van der Waals surface area contributed by atoms with Crippen LogP contribution in [0.1, 0.15) is 46.5 Å². The second-order valence-corrected chi connectivity index (χ2v) is 8.43. The van der Waals surface area contributed by atoms with Gasteiger partial charge in [-0.15, -0.1) is 11.3 Å². The molecule has 5 rings (SSSR count). The summed E-state index contributed by atoms with van der Waals surface area (Å²) in [5.74, 6) is 2.98. The Hall–Kier alpha value is -3.19. The topological polar surface area (TPSA) is 57.8 Å². The first-order valence-electron chi connectivity index (χ1n) is 10.1. The van der Waals surface area contributed by atoms with Crippen LogP contribution in [0.3, 0.4) is 0 Å². The molecule has 3 aromatic heterocycles. The van der Waals surface area contributed by atoms with Crippen LogP contribution in [0.2, 0.25) is 0 Å². The fourth-order valence-electron chi connectivity index (χ4n) is 3.93. The van der Waals surface area contributed by atoms with Crippen molar-refractivity contribution in [3.63, 3.8) is 0 Å². The monoisotopic (exact) mass is 417 g/mol. The number of ether oxygens (including phenoxy) is 1. The standard InChI is InChI=1S/C23H23N5OS/c1-16-14-27(15-24-16)19-9-7-17(13-20(19)29-2)8-10-22-25-23-18(21-6-4-12-30-21)5-3-11-28(23)26-22/h4,6-10,12-15,18H,3,5,11H2,1-2H3/b10-8+/t18-/m1/s1. The Balaban J connectivity index is 1.41. The Kier molecular flexibility index (Phi) is 4.96. The number of nitrogens with zero attached hydrogens (tertiary/aromatic N) is 5. The summed E-state index contributed by atoms with van der Waals surface area (Å²) in [5.41, 5.74) is 2.97. The number of aromatic nitrogens is 5. The van der Waals surface area contributed by atoms with E-state index in [2.05, 4.69) is 33.2 Å². The van der Waals surface area contributed by atoms with Gasteiger partial charge < -0.3 is 9.30 Å². The van der Waals surface area contributed by atoms with E-state index in [-0.39, 0.29) is 0 Å². The van der Waals surface area contributed by atoms with Crippen LogP contribution in [0.5, 0.6) is 5.75 Å². The number of hydrogen-bond donors (Lipinski definition) is 0. The molecule has 0 bridgehead atoms. The molecule has 30 heavy (non-hydrogen) atoms. The van der Waals surface area contributed by atoms with Gasteiger partial charge in [-0.1, -0.05) is 18.2 Å². The molecule has 4 heterocycles. The smallest absolute Gasteiger partial charge is 0.174 e. The molecule has 1 atom stereocenters. The molecule has 0 saturated heterocycles. The second-order valence-electron chi connectivity index (χ2n) is 7.45. The molecule has 1 aliphatic rings. The molecule has 152 valence electrons. The van der Waals surface area contributed by atoms with Gasteiger partial charge in [0, 0.05) is 17.6 Å². The van der Waals surface area contributed by atoms with Crippen molar-refractivity contribution in [1.82, 2.24) is 24.3 Å². The fourth-order valence-corrected chi connectivity index (χ4v) is 4.79. The van der Waals surface area contributed by atoms with E-state index in [1.807, 2.05) is 42.0 Å². The van der Waals surface area contributed by atoms with E-state index in [0.717, 1.165) is 53.7 Å². The quantitative estimate of drug-likeness (QED) is 0.462. The highest BCUT2D eigenvalue weighted by atomic mass is 32.1. The van der Waals surface area contributed by atoms with Crippen molar-refractivity contribution in [2.24, 2.45) is 0 Å². The maximum Gasteiger partial charge on any atom is 0.174 e. The fraction of sp³-hybridized carbons (Fsp3) is 0.261. The van der Waals surface area contributed by atoms with Crippen molar-refractivity contribution in [3.05, 3.63) is 76.0 Å². The predicted octanol–water partition coefficient (Wildman–Crippen LogP) is 4.94. The van der Waals surface area contributed by atoms with E-state index in [9.17, 15) is 0 Å². The van der Waals surface area contributed by atoms with Crippen LogP contribution in [0, 0.1) is 6.92 Å². The lowest BCUT2D eigenvalue weighted by Crippen LogP contribution is -2.17. The van der Waals surface area contributed by atoms with Gasteiger partial charge in [-0.05, 0) is 55.0 Å². The molecule has 0 fully saturated rings. The van der Waals surface area contributed by atoms with Crippen LogP contribution in [-0.4, -0.2) is 31.4 Å². The number of benzene rings is 1.